The molecule has 1 aromatic heterocycles. The summed E-state index contributed by atoms with van der Waals surface area (Å²) >= 11 is 0. The lowest BCUT2D eigenvalue weighted by atomic mass is 9.92. The minimum atomic E-state index is 0.249. The van der Waals surface area contributed by atoms with E-state index in [1.807, 2.05) is 0 Å². The molecule has 0 radical (unpaired) electrons. The van der Waals surface area contributed by atoms with Crippen LogP contribution < -0.4 is 10.1 Å². The molecule has 24 heavy (non-hydrogen) atoms. The standard InChI is InChI=1S/C19H27N3O2/c20-13-16-1-6-19(22-14-16)24-18-4-2-17(3-5-18)21-10-7-15-8-11-23-12-9-15/h1,6,14-15,17-18,21H,2-5,7-12H2. The van der Waals surface area contributed by atoms with Crippen molar-refractivity contribution in [3.63, 3.8) is 0 Å². The minimum absolute atomic E-state index is 0.249. The molecule has 5 heteroatoms. The smallest absolute Gasteiger partial charge is 0.213 e. The second kappa shape index (κ2) is 9.00. The van der Waals surface area contributed by atoms with Gasteiger partial charge in [-0.15, -0.1) is 0 Å². The van der Waals surface area contributed by atoms with Gasteiger partial charge < -0.3 is 14.8 Å². The van der Waals surface area contributed by atoms with E-state index in [9.17, 15) is 0 Å². The quantitative estimate of drug-likeness (QED) is 0.869. The number of aromatic nitrogens is 1. The number of hydrogen-bond donors (Lipinski definition) is 1. The summed E-state index contributed by atoms with van der Waals surface area (Å²) in [4.78, 5) is 4.19. The van der Waals surface area contributed by atoms with Gasteiger partial charge in [0.2, 0.25) is 5.88 Å². The normalized spacial score (nSPS) is 25.1. The molecule has 1 aliphatic carbocycles. The molecule has 0 spiro atoms. The Balaban J connectivity index is 1.32. The Morgan fingerprint density at radius 1 is 1.17 bits per heavy atom. The molecule has 2 heterocycles. The maximum absolute atomic E-state index is 8.79. The van der Waals surface area contributed by atoms with Crippen LogP contribution in [0.4, 0.5) is 0 Å². The number of ether oxygens (including phenoxy) is 2. The Morgan fingerprint density at radius 3 is 2.62 bits per heavy atom. The molecule has 3 rings (SSSR count). The van der Waals surface area contributed by atoms with E-state index in [1.165, 1.54) is 19.3 Å². The van der Waals surface area contributed by atoms with Crippen molar-refractivity contribution in [3.8, 4) is 11.9 Å². The Bertz CT molecular complexity index is 527. The summed E-state index contributed by atoms with van der Waals surface area (Å²) in [6, 6.07) is 6.24. The molecule has 0 bridgehead atoms. The molecule has 0 unspecified atom stereocenters. The lowest BCUT2D eigenvalue weighted by Gasteiger charge is -2.30. The monoisotopic (exact) mass is 329 g/mol. The third kappa shape index (κ3) is 5.19. The van der Waals surface area contributed by atoms with E-state index in [-0.39, 0.29) is 6.10 Å². The molecular formula is C19H27N3O2. The van der Waals surface area contributed by atoms with Crippen LogP contribution in [0.1, 0.15) is 50.5 Å². The van der Waals surface area contributed by atoms with Crippen molar-refractivity contribution in [2.45, 2.75) is 57.1 Å². The molecule has 1 N–H and O–H groups in total. The van der Waals surface area contributed by atoms with E-state index < -0.39 is 0 Å². The average molecular weight is 329 g/mol. The first-order valence-corrected chi connectivity index (χ1v) is 9.17. The number of pyridine rings is 1. The highest BCUT2D eigenvalue weighted by atomic mass is 16.5. The number of nitrogens with zero attached hydrogens (tertiary/aromatic N) is 2. The first-order chi connectivity index (χ1) is 11.8. The number of nitriles is 1. The van der Waals surface area contributed by atoms with Crippen LogP contribution in [-0.2, 0) is 4.74 Å². The summed E-state index contributed by atoms with van der Waals surface area (Å²) in [5, 5.41) is 12.5. The van der Waals surface area contributed by atoms with Gasteiger partial charge in [0, 0.05) is 31.5 Å². The van der Waals surface area contributed by atoms with Gasteiger partial charge in [0.1, 0.15) is 12.2 Å². The van der Waals surface area contributed by atoms with Gasteiger partial charge in [-0.1, -0.05) is 0 Å². The summed E-state index contributed by atoms with van der Waals surface area (Å²) in [6.45, 7) is 3.00. The molecule has 130 valence electrons. The van der Waals surface area contributed by atoms with E-state index >= 15 is 0 Å². The fourth-order valence-electron chi connectivity index (χ4n) is 3.60. The van der Waals surface area contributed by atoms with Crippen LogP contribution in [0.2, 0.25) is 0 Å². The van der Waals surface area contributed by atoms with Gasteiger partial charge in [-0.25, -0.2) is 4.98 Å². The van der Waals surface area contributed by atoms with Gasteiger partial charge >= 0.3 is 0 Å². The summed E-state index contributed by atoms with van der Waals surface area (Å²) in [7, 11) is 0. The van der Waals surface area contributed by atoms with Gasteiger partial charge in [-0.2, -0.15) is 5.26 Å². The van der Waals surface area contributed by atoms with Gasteiger partial charge in [-0.05, 0) is 63.5 Å². The first-order valence-electron chi connectivity index (χ1n) is 9.17. The molecule has 1 saturated carbocycles. The predicted octanol–water partition coefficient (Wildman–Crippen LogP) is 3.05. The molecule has 1 saturated heterocycles. The summed E-state index contributed by atoms with van der Waals surface area (Å²) in [6.07, 6.45) is 9.99. The van der Waals surface area contributed by atoms with E-state index in [4.69, 9.17) is 14.7 Å². The van der Waals surface area contributed by atoms with Crippen LogP contribution >= 0.6 is 0 Å². The largest absolute Gasteiger partial charge is 0.474 e. The highest BCUT2D eigenvalue weighted by molar-refractivity contribution is 5.28. The lowest BCUT2D eigenvalue weighted by Crippen LogP contribution is -2.37. The molecule has 1 aliphatic heterocycles. The molecule has 5 nitrogen and oxygen atoms in total. The predicted molar refractivity (Wildman–Crippen MR) is 91.8 cm³/mol. The van der Waals surface area contributed by atoms with E-state index in [0.29, 0.717) is 17.5 Å². The Morgan fingerprint density at radius 2 is 1.96 bits per heavy atom. The van der Waals surface area contributed by atoms with Crippen molar-refractivity contribution in [2.75, 3.05) is 19.8 Å². The Kier molecular flexibility index (Phi) is 6.45. The lowest BCUT2D eigenvalue weighted by molar-refractivity contribution is 0.0633. The van der Waals surface area contributed by atoms with Crippen LogP contribution in [0.15, 0.2) is 18.3 Å². The molecule has 1 aromatic rings. The molecule has 0 atom stereocenters. The van der Waals surface area contributed by atoms with Crippen LogP contribution in [0, 0.1) is 17.2 Å². The van der Waals surface area contributed by atoms with Gasteiger partial charge in [0.05, 0.1) is 5.56 Å². The fraction of sp³-hybridized carbons (Fsp3) is 0.684. The van der Waals surface area contributed by atoms with Crippen molar-refractivity contribution in [3.05, 3.63) is 23.9 Å². The molecule has 2 fully saturated rings. The molecule has 2 aliphatic rings. The van der Waals surface area contributed by atoms with Crippen molar-refractivity contribution in [2.24, 2.45) is 5.92 Å². The SMILES string of the molecule is N#Cc1ccc(OC2CCC(NCCC3CCOCC3)CC2)nc1. The van der Waals surface area contributed by atoms with Gasteiger partial charge in [0.25, 0.3) is 0 Å². The zero-order valence-corrected chi connectivity index (χ0v) is 14.2. The second-order valence-electron chi connectivity index (χ2n) is 6.89. The van der Waals surface area contributed by atoms with Crippen molar-refractivity contribution in [1.82, 2.24) is 10.3 Å². The molecule has 0 aromatic carbocycles. The number of nitrogens with one attached hydrogen (secondary N) is 1. The Labute approximate surface area is 144 Å². The van der Waals surface area contributed by atoms with Crippen molar-refractivity contribution in [1.29, 1.82) is 5.26 Å². The zero-order valence-electron chi connectivity index (χ0n) is 14.2. The number of hydrogen-bond acceptors (Lipinski definition) is 5. The maximum atomic E-state index is 8.79. The van der Waals surface area contributed by atoms with Crippen molar-refractivity contribution < 1.29 is 9.47 Å². The second-order valence-corrected chi connectivity index (χ2v) is 6.89. The summed E-state index contributed by atoms with van der Waals surface area (Å²) in [5.41, 5.74) is 0.569. The van der Waals surface area contributed by atoms with E-state index in [2.05, 4.69) is 16.4 Å². The third-order valence-electron chi connectivity index (χ3n) is 5.15. The van der Waals surface area contributed by atoms with E-state index in [0.717, 1.165) is 51.4 Å². The van der Waals surface area contributed by atoms with E-state index in [1.54, 1.807) is 18.3 Å². The zero-order chi connectivity index (χ0) is 16.6. The highest BCUT2D eigenvalue weighted by Crippen LogP contribution is 2.23. The van der Waals surface area contributed by atoms with Crippen LogP contribution in [0.25, 0.3) is 0 Å². The topological polar surface area (TPSA) is 67.2 Å². The van der Waals surface area contributed by atoms with Crippen LogP contribution in [-0.4, -0.2) is 36.9 Å². The maximum Gasteiger partial charge on any atom is 0.213 e. The van der Waals surface area contributed by atoms with Crippen LogP contribution in [0.3, 0.4) is 0 Å². The summed E-state index contributed by atoms with van der Waals surface area (Å²) < 4.78 is 11.4. The Hall–Kier alpha value is -1.64. The van der Waals surface area contributed by atoms with Gasteiger partial charge in [-0.3, -0.25) is 0 Å². The summed E-state index contributed by atoms with van der Waals surface area (Å²) in [5.74, 6) is 1.47. The highest BCUT2D eigenvalue weighted by Gasteiger charge is 2.23. The third-order valence-corrected chi connectivity index (χ3v) is 5.15. The van der Waals surface area contributed by atoms with Crippen LogP contribution in [0.5, 0.6) is 5.88 Å². The molecule has 0 amide bonds. The van der Waals surface area contributed by atoms with Crippen molar-refractivity contribution >= 4 is 0 Å². The fourth-order valence-corrected chi connectivity index (χ4v) is 3.60. The molecular weight excluding hydrogens is 302 g/mol. The van der Waals surface area contributed by atoms with Gasteiger partial charge in [0.15, 0.2) is 0 Å². The first kappa shape index (κ1) is 17.2. The number of rotatable bonds is 6. The average Bonchev–Trinajstić information content (AvgIpc) is 2.65. The minimum Gasteiger partial charge on any atom is -0.474 e.